The zero-order valence-electron chi connectivity index (χ0n) is 11.3. The van der Waals surface area contributed by atoms with Gasteiger partial charge in [-0.25, -0.2) is 0 Å². The van der Waals surface area contributed by atoms with Gasteiger partial charge in [-0.3, -0.25) is 4.79 Å². The summed E-state index contributed by atoms with van der Waals surface area (Å²) in [6, 6.07) is 19.6. The Bertz CT molecular complexity index is 492. The minimum Gasteiger partial charge on any atom is -0.468 e. The van der Waals surface area contributed by atoms with Crippen LogP contribution in [0.5, 0.6) is 0 Å². The first kappa shape index (κ1) is 13.3. The molecule has 2 aromatic carbocycles. The van der Waals surface area contributed by atoms with Gasteiger partial charge in [0.25, 0.3) is 0 Å². The standard InChI is InChI=1S/C17H18O2/c1-3-17(16(18)19-2,14-10-6-4-7-11-14)15-12-8-5-9-13-15/h4-13H,3H2,1-2H3. The van der Waals surface area contributed by atoms with E-state index in [9.17, 15) is 4.79 Å². The molecule has 0 aliphatic heterocycles. The predicted octanol–water partition coefficient (Wildman–Crippen LogP) is 3.56. The average Bonchev–Trinajstić information content (AvgIpc) is 2.50. The smallest absolute Gasteiger partial charge is 0.320 e. The van der Waals surface area contributed by atoms with Crippen LogP contribution in [-0.4, -0.2) is 13.1 Å². The number of hydrogen-bond acceptors (Lipinski definition) is 2. The van der Waals surface area contributed by atoms with Gasteiger partial charge in [0.1, 0.15) is 5.41 Å². The summed E-state index contributed by atoms with van der Waals surface area (Å²) in [6.07, 6.45) is 0.660. The van der Waals surface area contributed by atoms with E-state index in [-0.39, 0.29) is 5.97 Å². The van der Waals surface area contributed by atoms with Crippen molar-refractivity contribution < 1.29 is 9.53 Å². The molecule has 2 nitrogen and oxygen atoms in total. The fourth-order valence-electron chi connectivity index (χ4n) is 2.57. The van der Waals surface area contributed by atoms with Gasteiger partial charge in [0.2, 0.25) is 0 Å². The van der Waals surface area contributed by atoms with Gasteiger partial charge in [0, 0.05) is 0 Å². The van der Waals surface area contributed by atoms with Crippen molar-refractivity contribution in [3.8, 4) is 0 Å². The van der Waals surface area contributed by atoms with Gasteiger partial charge in [0.05, 0.1) is 7.11 Å². The van der Waals surface area contributed by atoms with Crippen molar-refractivity contribution in [2.24, 2.45) is 0 Å². The van der Waals surface area contributed by atoms with Crippen LogP contribution in [0.3, 0.4) is 0 Å². The second kappa shape index (κ2) is 5.70. The first-order valence-corrected chi connectivity index (χ1v) is 6.45. The van der Waals surface area contributed by atoms with E-state index in [1.54, 1.807) is 0 Å². The molecule has 0 N–H and O–H groups in total. The summed E-state index contributed by atoms with van der Waals surface area (Å²) in [4.78, 5) is 12.4. The lowest BCUT2D eigenvalue weighted by atomic mass is 9.72. The third kappa shape index (κ3) is 2.26. The minimum absolute atomic E-state index is 0.215. The van der Waals surface area contributed by atoms with Gasteiger partial charge >= 0.3 is 5.97 Å². The van der Waals surface area contributed by atoms with Crippen LogP contribution in [0.1, 0.15) is 24.5 Å². The van der Waals surface area contributed by atoms with Gasteiger partial charge in [-0.05, 0) is 17.5 Å². The second-order valence-electron chi connectivity index (χ2n) is 4.48. The number of esters is 1. The Labute approximate surface area is 114 Å². The van der Waals surface area contributed by atoms with Gasteiger partial charge in [0.15, 0.2) is 0 Å². The fraction of sp³-hybridized carbons (Fsp3) is 0.235. The molecule has 0 heterocycles. The van der Waals surface area contributed by atoms with Crippen molar-refractivity contribution in [2.45, 2.75) is 18.8 Å². The average molecular weight is 254 g/mol. The van der Waals surface area contributed by atoms with Gasteiger partial charge < -0.3 is 4.74 Å². The maximum absolute atomic E-state index is 12.4. The molecule has 2 aromatic rings. The molecule has 0 saturated carbocycles. The summed E-state index contributed by atoms with van der Waals surface area (Å²) in [6.45, 7) is 2.01. The molecule has 0 amide bonds. The third-order valence-electron chi connectivity index (χ3n) is 3.60. The number of hydrogen-bond donors (Lipinski definition) is 0. The first-order chi connectivity index (χ1) is 9.25. The van der Waals surface area contributed by atoms with E-state index < -0.39 is 5.41 Å². The minimum atomic E-state index is -0.725. The summed E-state index contributed by atoms with van der Waals surface area (Å²) in [5.74, 6) is -0.215. The molecule has 0 fully saturated rings. The van der Waals surface area contributed by atoms with Crippen LogP contribution in [0.4, 0.5) is 0 Å². The maximum Gasteiger partial charge on any atom is 0.320 e. The Kier molecular flexibility index (Phi) is 4.00. The van der Waals surface area contributed by atoms with Crippen molar-refractivity contribution in [3.05, 3.63) is 71.8 Å². The molecule has 98 valence electrons. The lowest BCUT2D eigenvalue weighted by Crippen LogP contribution is -2.37. The number of ether oxygens (including phenoxy) is 1. The van der Waals surface area contributed by atoms with E-state index in [0.717, 1.165) is 11.1 Å². The third-order valence-corrected chi connectivity index (χ3v) is 3.60. The molecule has 19 heavy (non-hydrogen) atoms. The molecule has 0 aromatic heterocycles. The quantitative estimate of drug-likeness (QED) is 0.780. The lowest BCUT2D eigenvalue weighted by molar-refractivity contribution is -0.146. The van der Waals surface area contributed by atoms with Crippen LogP contribution in [0, 0.1) is 0 Å². The summed E-state index contributed by atoms with van der Waals surface area (Å²) in [7, 11) is 1.44. The summed E-state index contributed by atoms with van der Waals surface area (Å²) >= 11 is 0. The monoisotopic (exact) mass is 254 g/mol. The zero-order valence-corrected chi connectivity index (χ0v) is 11.3. The highest BCUT2D eigenvalue weighted by molar-refractivity contribution is 5.87. The van der Waals surface area contributed by atoms with Gasteiger partial charge in [-0.2, -0.15) is 0 Å². The highest BCUT2D eigenvalue weighted by atomic mass is 16.5. The van der Waals surface area contributed by atoms with Crippen LogP contribution in [0.25, 0.3) is 0 Å². The lowest BCUT2D eigenvalue weighted by Gasteiger charge is -2.31. The van der Waals surface area contributed by atoms with Crippen LogP contribution in [0.15, 0.2) is 60.7 Å². The molecule has 2 rings (SSSR count). The van der Waals surface area contributed by atoms with Crippen LogP contribution in [0.2, 0.25) is 0 Å². The molecule has 0 saturated heterocycles. The van der Waals surface area contributed by atoms with E-state index in [1.165, 1.54) is 7.11 Å². The number of carbonyl (C=O) groups excluding carboxylic acids is 1. The number of methoxy groups -OCH3 is 1. The number of benzene rings is 2. The molecule has 0 bridgehead atoms. The zero-order chi connectivity index (χ0) is 13.7. The van der Waals surface area contributed by atoms with Gasteiger partial charge in [-0.15, -0.1) is 0 Å². The second-order valence-corrected chi connectivity index (χ2v) is 4.48. The SMILES string of the molecule is CCC(C(=O)OC)(c1ccccc1)c1ccccc1. The van der Waals surface area contributed by atoms with E-state index in [4.69, 9.17) is 4.74 Å². The van der Waals surface area contributed by atoms with Crippen molar-refractivity contribution >= 4 is 5.97 Å². The van der Waals surface area contributed by atoms with Gasteiger partial charge in [-0.1, -0.05) is 67.6 Å². The normalized spacial score (nSPS) is 11.1. The Morgan fingerprint density at radius 3 is 1.68 bits per heavy atom. The fourth-order valence-corrected chi connectivity index (χ4v) is 2.57. The predicted molar refractivity (Wildman–Crippen MR) is 76.0 cm³/mol. The van der Waals surface area contributed by atoms with Crippen molar-refractivity contribution in [2.75, 3.05) is 7.11 Å². The van der Waals surface area contributed by atoms with Crippen molar-refractivity contribution in [3.63, 3.8) is 0 Å². The van der Waals surface area contributed by atoms with Crippen LogP contribution >= 0.6 is 0 Å². The van der Waals surface area contributed by atoms with E-state index >= 15 is 0 Å². The topological polar surface area (TPSA) is 26.3 Å². The highest BCUT2D eigenvalue weighted by Gasteiger charge is 2.41. The number of carbonyl (C=O) groups is 1. The first-order valence-electron chi connectivity index (χ1n) is 6.45. The van der Waals surface area contributed by atoms with Crippen molar-refractivity contribution in [1.29, 1.82) is 0 Å². The molecule has 0 aliphatic rings. The molecular weight excluding hydrogens is 236 g/mol. The van der Waals surface area contributed by atoms with E-state index in [1.807, 2.05) is 67.6 Å². The van der Waals surface area contributed by atoms with Crippen molar-refractivity contribution in [1.82, 2.24) is 0 Å². The Morgan fingerprint density at radius 2 is 1.37 bits per heavy atom. The molecule has 0 radical (unpaired) electrons. The Morgan fingerprint density at radius 1 is 0.947 bits per heavy atom. The summed E-state index contributed by atoms with van der Waals surface area (Å²) in [5, 5.41) is 0. The summed E-state index contributed by atoms with van der Waals surface area (Å²) < 4.78 is 5.08. The molecular formula is C17H18O2. The van der Waals surface area contributed by atoms with E-state index in [2.05, 4.69) is 0 Å². The highest BCUT2D eigenvalue weighted by Crippen LogP contribution is 2.36. The maximum atomic E-state index is 12.4. The molecule has 0 unspecified atom stereocenters. The van der Waals surface area contributed by atoms with E-state index in [0.29, 0.717) is 6.42 Å². The molecule has 0 atom stereocenters. The molecule has 2 heteroatoms. The Hall–Kier alpha value is -2.09. The molecule has 0 aliphatic carbocycles. The number of rotatable bonds is 4. The molecule has 0 spiro atoms. The van der Waals surface area contributed by atoms with Crippen LogP contribution < -0.4 is 0 Å². The van der Waals surface area contributed by atoms with Crippen LogP contribution in [-0.2, 0) is 14.9 Å². The largest absolute Gasteiger partial charge is 0.468 e. The Balaban J connectivity index is 2.66. The summed E-state index contributed by atoms with van der Waals surface area (Å²) in [5.41, 5.74) is 1.21.